The molecule has 1 aliphatic rings. The molecule has 0 radical (unpaired) electrons. The molecule has 112 valence electrons. The van der Waals surface area contributed by atoms with Crippen LogP contribution in [0.2, 0.25) is 0 Å². The lowest BCUT2D eigenvalue weighted by Gasteiger charge is -2.37. The fourth-order valence-electron chi connectivity index (χ4n) is 2.88. The molecule has 2 rings (SSSR count). The van der Waals surface area contributed by atoms with Gasteiger partial charge in [0.1, 0.15) is 5.82 Å². The first-order valence-corrected chi connectivity index (χ1v) is 7.53. The summed E-state index contributed by atoms with van der Waals surface area (Å²) in [6.07, 6.45) is 2.29. The molecule has 20 heavy (non-hydrogen) atoms. The molecule has 1 aromatic rings. The van der Waals surface area contributed by atoms with E-state index in [1.165, 1.54) is 0 Å². The van der Waals surface area contributed by atoms with E-state index in [1.54, 1.807) is 6.07 Å². The third kappa shape index (κ3) is 3.49. The highest BCUT2D eigenvalue weighted by molar-refractivity contribution is 5.54. The molecule has 0 atom stereocenters. The van der Waals surface area contributed by atoms with E-state index in [4.69, 9.17) is 0 Å². The van der Waals surface area contributed by atoms with Crippen molar-refractivity contribution in [2.24, 2.45) is 0 Å². The standard InChI is InChI=1S/C16H26FN3/c1-4-18-12-14-15(17)6-5-7-16(14)20(3)13-8-10-19(2)11-9-13/h5-7,13,18H,4,8-12H2,1-3H3. The summed E-state index contributed by atoms with van der Waals surface area (Å²) in [5, 5.41) is 3.24. The average Bonchev–Trinajstić information content (AvgIpc) is 2.46. The zero-order valence-electron chi connectivity index (χ0n) is 12.8. The largest absolute Gasteiger partial charge is 0.371 e. The van der Waals surface area contributed by atoms with Crippen LogP contribution in [0.1, 0.15) is 25.3 Å². The topological polar surface area (TPSA) is 18.5 Å². The molecule has 3 nitrogen and oxygen atoms in total. The maximum absolute atomic E-state index is 14.1. The fourth-order valence-corrected chi connectivity index (χ4v) is 2.88. The van der Waals surface area contributed by atoms with Crippen LogP contribution in [0.15, 0.2) is 18.2 Å². The number of benzene rings is 1. The van der Waals surface area contributed by atoms with Crippen molar-refractivity contribution in [2.75, 3.05) is 38.6 Å². The smallest absolute Gasteiger partial charge is 0.129 e. The summed E-state index contributed by atoms with van der Waals surface area (Å²) in [5.74, 6) is -0.108. The van der Waals surface area contributed by atoms with Crippen LogP contribution in [0.3, 0.4) is 0 Å². The van der Waals surface area contributed by atoms with Crippen LogP contribution in [0.5, 0.6) is 0 Å². The number of likely N-dealkylation sites (tertiary alicyclic amines) is 1. The summed E-state index contributed by atoms with van der Waals surface area (Å²) >= 11 is 0. The monoisotopic (exact) mass is 279 g/mol. The number of nitrogens with one attached hydrogen (secondary N) is 1. The molecule has 0 amide bonds. The van der Waals surface area contributed by atoms with Crippen LogP contribution in [0.4, 0.5) is 10.1 Å². The van der Waals surface area contributed by atoms with Crippen LogP contribution >= 0.6 is 0 Å². The van der Waals surface area contributed by atoms with E-state index >= 15 is 0 Å². The lowest BCUT2D eigenvalue weighted by atomic mass is 10.0. The van der Waals surface area contributed by atoms with E-state index in [1.807, 2.05) is 19.1 Å². The summed E-state index contributed by atoms with van der Waals surface area (Å²) in [5.41, 5.74) is 1.82. The summed E-state index contributed by atoms with van der Waals surface area (Å²) in [6.45, 7) is 5.72. The third-order valence-electron chi connectivity index (χ3n) is 4.26. The predicted octanol–water partition coefficient (Wildman–Crippen LogP) is 2.47. The van der Waals surface area contributed by atoms with Gasteiger partial charge in [0.25, 0.3) is 0 Å². The van der Waals surface area contributed by atoms with Gasteiger partial charge in [-0.05, 0) is 51.7 Å². The number of piperidine rings is 1. The molecular formula is C16H26FN3. The highest BCUT2D eigenvalue weighted by Crippen LogP contribution is 2.27. The van der Waals surface area contributed by atoms with Crippen molar-refractivity contribution in [1.29, 1.82) is 0 Å². The van der Waals surface area contributed by atoms with Gasteiger partial charge < -0.3 is 15.1 Å². The Labute approximate surface area is 121 Å². The molecule has 1 saturated heterocycles. The van der Waals surface area contributed by atoms with E-state index in [2.05, 4.69) is 29.2 Å². The second kappa shape index (κ2) is 7.04. The van der Waals surface area contributed by atoms with Crippen LogP contribution < -0.4 is 10.2 Å². The number of nitrogens with zero attached hydrogens (tertiary/aromatic N) is 2. The number of hydrogen-bond donors (Lipinski definition) is 1. The molecule has 1 aromatic carbocycles. The van der Waals surface area contributed by atoms with Gasteiger partial charge >= 0.3 is 0 Å². The predicted molar refractivity (Wildman–Crippen MR) is 82.7 cm³/mol. The highest BCUT2D eigenvalue weighted by Gasteiger charge is 2.23. The SMILES string of the molecule is CCNCc1c(F)cccc1N(C)C1CCN(C)CC1. The number of rotatable bonds is 5. The van der Waals surface area contributed by atoms with E-state index in [0.29, 0.717) is 12.6 Å². The van der Waals surface area contributed by atoms with Gasteiger partial charge in [-0.15, -0.1) is 0 Å². The van der Waals surface area contributed by atoms with E-state index < -0.39 is 0 Å². The van der Waals surface area contributed by atoms with Gasteiger partial charge in [0.2, 0.25) is 0 Å². The lowest BCUT2D eigenvalue weighted by molar-refractivity contribution is 0.252. The normalized spacial score (nSPS) is 17.4. The van der Waals surface area contributed by atoms with Gasteiger partial charge in [-0.1, -0.05) is 13.0 Å². The van der Waals surface area contributed by atoms with Crippen molar-refractivity contribution in [3.8, 4) is 0 Å². The first kappa shape index (κ1) is 15.3. The van der Waals surface area contributed by atoms with Gasteiger partial charge in [-0.3, -0.25) is 0 Å². The fraction of sp³-hybridized carbons (Fsp3) is 0.625. The Balaban J connectivity index is 2.16. The molecule has 0 bridgehead atoms. The summed E-state index contributed by atoms with van der Waals surface area (Å²) in [7, 11) is 4.26. The second-order valence-electron chi connectivity index (χ2n) is 5.66. The molecule has 1 N–H and O–H groups in total. The maximum Gasteiger partial charge on any atom is 0.129 e. The lowest BCUT2D eigenvalue weighted by Crippen LogP contribution is -2.42. The minimum atomic E-state index is -0.108. The van der Waals surface area contributed by atoms with Crippen molar-refractivity contribution >= 4 is 5.69 Å². The van der Waals surface area contributed by atoms with Gasteiger partial charge in [-0.2, -0.15) is 0 Å². The number of halogens is 1. The molecule has 4 heteroatoms. The molecule has 0 aromatic heterocycles. The van der Waals surface area contributed by atoms with Crippen molar-refractivity contribution in [3.63, 3.8) is 0 Å². The van der Waals surface area contributed by atoms with E-state index in [0.717, 1.165) is 43.7 Å². The van der Waals surface area contributed by atoms with E-state index in [-0.39, 0.29) is 5.82 Å². The van der Waals surface area contributed by atoms with Crippen molar-refractivity contribution in [1.82, 2.24) is 10.2 Å². The highest BCUT2D eigenvalue weighted by atomic mass is 19.1. The number of anilines is 1. The Hall–Kier alpha value is -1.13. The molecule has 1 aliphatic heterocycles. The zero-order valence-corrected chi connectivity index (χ0v) is 12.8. The molecular weight excluding hydrogens is 253 g/mol. The van der Waals surface area contributed by atoms with Gasteiger partial charge in [0.05, 0.1) is 0 Å². The average molecular weight is 279 g/mol. The molecule has 0 saturated carbocycles. The van der Waals surface area contributed by atoms with Crippen molar-refractivity contribution < 1.29 is 4.39 Å². The maximum atomic E-state index is 14.1. The van der Waals surface area contributed by atoms with Crippen LogP contribution in [0.25, 0.3) is 0 Å². The Morgan fingerprint density at radius 3 is 2.70 bits per heavy atom. The first-order chi connectivity index (χ1) is 9.63. The van der Waals surface area contributed by atoms with Gasteiger partial charge in [0.15, 0.2) is 0 Å². The van der Waals surface area contributed by atoms with Gasteiger partial charge in [0, 0.05) is 30.9 Å². The van der Waals surface area contributed by atoms with E-state index in [9.17, 15) is 4.39 Å². The second-order valence-corrected chi connectivity index (χ2v) is 5.66. The zero-order chi connectivity index (χ0) is 14.5. The molecule has 1 fully saturated rings. The summed E-state index contributed by atoms with van der Waals surface area (Å²) in [6, 6.07) is 5.91. The Morgan fingerprint density at radius 1 is 1.35 bits per heavy atom. The Bertz CT molecular complexity index is 428. The van der Waals surface area contributed by atoms with Crippen LogP contribution in [-0.2, 0) is 6.54 Å². The number of hydrogen-bond acceptors (Lipinski definition) is 3. The first-order valence-electron chi connectivity index (χ1n) is 7.53. The van der Waals surface area contributed by atoms with Gasteiger partial charge in [-0.25, -0.2) is 4.39 Å². The molecule has 1 heterocycles. The van der Waals surface area contributed by atoms with Crippen LogP contribution in [0, 0.1) is 5.82 Å². The summed E-state index contributed by atoms with van der Waals surface area (Å²) in [4.78, 5) is 4.62. The third-order valence-corrected chi connectivity index (χ3v) is 4.26. The Kier molecular flexibility index (Phi) is 5.38. The Morgan fingerprint density at radius 2 is 2.05 bits per heavy atom. The summed E-state index contributed by atoms with van der Waals surface area (Å²) < 4.78 is 14.1. The van der Waals surface area contributed by atoms with Crippen molar-refractivity contribution in [2.45, 2.75) is 32.4 Å². The minimum absolute atomic E-state index is 0.108. The molecule has 0 unspecified atom stereocenters. The quantitative estimate of drug-likeness (QED) is 0.893. The minimum Gasteiger partial charge on any atom is -0.371 e. The van der Waals surface area contributed by atoms with Crippen LogP contribution in [-0.4, -0.2) is 44.7 Å². The molecule has 0 aliphatic carbocycles. The molecule has 0 spiro atoms. The van der Waals surface area contributed by atoms with Crippen molar-refractivity contribution in [3.05, 3.63) is 29.6 Å².